The van der Waals surface area contributed by atoms with Gasteiger partial charge in [0, 0.05) is 11.1 Å². The standard InChI is InChI=1S/C18H22O2/c1-4-12-8-7-9-15(13(12)5-2)16-10-11-17(19)14(6-3)18(16)20/h7-11,19-20H,4-6H2,1-3H3. The Kier molecular flexibility index (Phi) is 4.33. The Hall–Kier alpha value is -1.96. The van der Waals surface area contributed by atoms with Gasteiger partial charge in [0.25, 0.3) is 0 Å². The molecule has 2 rings (SSSR count). The molecule has 0 saturated carbocycles. The lowest BCUT2D eigenvalue weighted by Crippen LogP contribution is -1.96. The van der Waals surface area contributed by atoms with E-state index in [-0.39, 0.29) is 11.5 Å². The molecule has 0 aliphatic carbocycles. The van der Waals surface area contributed by atoms with Crippen LogP contribution in [-0.2, 0) is 19.3 Å². The number of phenols is 2. The number of aromatic hydroxyl groups is 2. The van der Waals surface area contributed by atoms with E-state index in [4.69, 9.17) is 0 Å². The van der Waals surface area contributed by atoms with Crippen molar-refractivity contribution in [3.8, 4) is 22.6 Å². The zero-order valence-corrected chi connectivity index (χ0v) is 12.4. The van der Waals surface area contributed by atoms with Gasteiger partial charge >= 0.3 is 0 Å². The first-order chi connectivity index (χ1) is 9.63. The van der Waals surface area contributed by atoms with Gasteiger partial charge in [0.2, 0.25) is 0 Å². The van der Waals surface area contributed by atoms with Crippen LogP contribution in [0, 0.1) is 0 Å². The van der Waals surface area contributed by atoms with Gasteiger partial charge in [-0.05, 0) is 48.1 Å². The second-order valence-electron chi connectivity index (χ2n) is 4.96. The first-order valence-corrected chi connectivity index (χ1v) is 7.28. The normalized spacial score (nSPS) is 10.8. The molecule has 0 saturated heterocycles. The van der Waals surface area contributed by atoms with Crippen molar-refractivity contribution in [2.45, 2.75) is 40.0 Å². The van der Waals surface area contributed by atoms with Crippen LogP contribution in [0.5, 0.6) is 11.5 Å². The molecule has 20 heavy (non-hydrogen) atoms. The largest absolute Gasteiger partial charge is 0.508 e. The molecule has 106 valence electrons. The predicted octanol–water partition coefficient (Wildman–Crippen LogP) is 4.45. The minimum atomic E-state index is 0.165. The van der Waals surface area contributed by atoms with Crippen LogP contribution >= 0.6 is 0 Å². The molecule has 2 heteroatoms. The second kappa shape index (κ2) is 6.00. The Morgan fingerprint density at radius 3 is 2.05 bits per heavy atom. The molecule has 0 amide bonds. The number of benzene rings is 2. The second-order valence-corrected chi connectivity index (χ2v) is 4.96. The van der Waals surface area contributed by atoms with Crippen LogP contribution < -0.4 is 0 Å². The maximum Gasteiger partial charge on any atom is 0.130 e. The van der Waals surface area contributed by atoms with E-state index in [1.54, 1.807) is 12.1 Å². The molecule has 2 nitrogen and oxygen atoms in total. The third-order valence-electron chi connectivity index (χ3n) is 3.91. The van der Waals surface area contributed by atoms with Gasteiger partial charge in [-0.1, -0.05) is 39.0 Å². The molecule has 0 unspecified atom stereocenters. The molecule has 0 aliphatic rings. The van der Waals surface area contributed by atoms with Crippen molar-refractivity contribution in [1.82, 2.24) is 0 Å². The lowest BCUT2D eigenvalue weighted by Gasteiger charge is -2.16. The average molecular weight is 270 g/mol. The summed E-state index contributed by atoms with van der Waals surface area (Å²) in [6, 6.07) is 9.69. The van der Waals surface area contributed by atoms with Crippen molar-refractivity contribution in [3.63, 3.8) is 0 Å². The summed E-state index contributed by atoms with van der Waals surface area (Å²) in [5.74, 6) is 0.369. The molecule has 0 heterocycles. The van der Waals surface area contributed by atoms with Gasteiger partial charge in [-0.25, -0.2) is 0 Å². The molecule has 2 N–H and O–H groups in total. The van der Waals surface area contributed by atoms with E-state index in [9.17, 15) is 10.2 Å². The molecular formula is C18H22O2. The third-order valence-corrected chi connectivity index (χ3v) is 3.91. The highest BCUT2D eigenvalue weighted by Crippen LogP contribution is 2.39. The molecule has 0 aliphatic heterocycles. The summed E-state index contributed by atoms with van der Waals surface area (Å²) in [6.07, 6.45) is 2.53. The summed E-state index contributed by atoms with van der Waals surface area (Å²) in [4.78, 5) is 0. The van der Waals surface area contributed by atoms with Crippen molar-refractivity contribution >= 4 is 0 Å². The Labute approximate surface area is 120 Å². The molecule has 0 aromatic heterocycles. The highest BCUT2D eigenvalue weighted by Gasteiger charge is 2.15. The number of hydrogen-bond acceptors (Lipinski definition) is 2. The maximum absolute atomic E-state index is 10.4. The third kappa shape index (κ3) is 2.38. The number of hydrogen-bond donors (Lipinski definition) is 2. The molecule has 0 radical (unpaired) electrons. The summed E-state index contributed by atoms with van der Waals surface area (Å²) < 4.78 is 0. The smallest absolute Gasteiger partial charge is 0.130 e. The van der Waals surface area contributed by atoms with Crippen LogP contribution in [0.15, 0.2) is 30.3 Å². The first kappa shape index (κ1) is 14.4. The Morgan fingerprint density at radius 2 is 1.45 bits per heavy atom. The highest BCUT2D eigenvalue weighted by molar-refractivity contribution is 5.77. The Balaban J connectivity index is 2.69. The fraction of sp³-hybridized carbons (Fsp3) is 0.333. The topological polar surface area (TPSA) is 40.5 Å². The van der Waals surface area contributed by atoms with Crippen molar-refractivity contribution in [2.24, 2.45) is 0 Å². The first-order valence-electron chi connectivity index (χ1n) is 7.28. The molecular weight excluding hydrogens is 248 g/mol. The molecule has 0 fully saturated rings. The van der Waals surface area contributed by atoms with Crippen LogP contribution in [0.3, 0.4) is 0 Å². The summed E-state index contributed by atoms with van der Waals surface area (Å²) in [7, 11) is 0. The predicted molar refractivity (Wildman–Crippen MR) is 83.3 cm³/mol. The molecule has 0 spiro atoms. The van der Waals surface area contributed by atoms with Gasteiger partial charge in [-0.3, -0.25) is 0 Å². The summed E-state index contributed by atoms with van der Waals surface area (Å²) in [5, 5.41) is 20.3. The van der Waals surface area contributed by atoms with Gasteiger partial charge < -0.3 is 10.2 Å². The SMILES string of the molecule is CCc1cccc(-c2ccc(O)c(CC)c2O)c1CC. The van der Waals surface area contributed by atoms with Crippen LogP contribution in [0.25, 0.3) is 11.1 Å². The minimum Gasteiger partial charge on any atom is -0.508 e. The molecule has 2 aromatic carbocycles. The van der Waals surface area contributed by atoms with E-state index < -0.39 is 0 Å². The van der Waals surface area contributed by atoms with Crippen LogP contribution in [0.2, 0.25) is 0 Å². The molecule has 0 atom stereocenters. The van der Waals surface area contributed by atoms with E-state index in [1.165, 1.54) is 11.1 Å². The van der Waals surface area contributed by atoms with Crippen molar-refractivity contribution in [3.05, 3.63) is 47.0 Å². The Morgan fingerprint density at radius 1 is 0.750 bits per heavy atom. The monoisotopic (exact) mass is 270 g/mol. The van der Waals surface area contributed by atoms with Crippen LogP contribution in [0.1, 0.15) is 37.5 Å². The van der Waals surface area contributed by atoms with E-state index in [2.05, 4.69) is 19.9 Å². The van der Waals surface area contributed by atoms with E-state index in [1.807, 2.05) is 19.1 Å². The van der Waals surface area contributed by atoms with Gasteiger partial charge in [0.15, 0.2) is 0 Å². The van der Waals surface area contributed by atoms with Gasteiger partial charge in [-0.15, -0.1) is 0 Å². The summed E-state index contributed by atoms with van der Waals surface area (Å²) in [5.41, 5.74) is 5.09. The minimum absolute atomic E-state index is 0.165. The van der Waals surface area contributed by atoms with Crippen LogP contribution in [0.4, 0.5) is 0 Å². The molecule has 0 bridgehead atoms. The van der Waals surface area contributed by atoms with Gasteiger partial charge in [-0.2, -0.15) is 0 Å². The van der Waals surface area contributed by atoms with E-state index >= 15 is 0 Å². The number of phenolic OH excluding ortho intramolecular Hbond substituents is 2. The Bertz CT molecular complexity index is 615. The summed E-state index contributed by atoms with van der Waals surface area (Å²) >= 11 is 0. The van der Waals surface area contributed by atoms with E-state index in [0.717, 1.165) is 24.0 Å². The summed E-state index contributed by atoms with van der Waals surface area (Å²) in [6.45, 7) is 6.21. The quantitative estimate of drug-likeness (QED) is 0.861. The fourth-order valence-electron chi connectivity index (χ4n) is 2.83. The van der Waals surface area contributed by atoms with Crippen molar-refractivity contribution in [1.29, 1.82) is 0 Å². The van der Waals surface area contributed by atoms with Gasteiger partial charge in [0.05, 0.1) is 0 Å². The van der Waals surface area contributed by atoms with E-state index in [0.29, 0.717) is 12.0 Å². The average Bonchev–Trinajstić information content (AvgIpc) is 2.47. The lowest BCUT2D eigenvalue weighted by atomic mass is 9.91. The highest BCUT2D eigenvalue weighted by atomic mass is 16.3. The fourth-order valence-corrected chi connectivity index (χ4v) is 2.83. The lowest BCUT2D eigenvalue weighted by molar-refractivity contribution is 0.441. The molecule has 2 aromatic rings. The number of rotatable bonds is 4. The number of aryl methyl sites for hydroxylation is 1. The zero-order chi connectivity index (χ0) is 14.7. The maximum atomic E-state index is 10.4. The van der Waals surface area contributed by atoms with Crippen molar-refractivity contribution in [2.75, 3.05) is 0 Å². The zero-order valence-electron chi connectivity index (χ0n) is 12.4. The van der Waals surface area contributed by atoms with Crippen molar-refractivity contribution < 1.29 is 10.2 Å². The van der Waals surface area contributed by atoms with Crippen LogP contribution in [-0.4, -0.2) is 10.2 Å². The van der Waals surface area contributed by atoms with Gasteiger partial charge in [0.1, 0.15) is 11.5 Å².